The molecule has 8 heteroatoms. The summed E-state index contributed by atoms with van der Waals surface area (Å²) in [5.74, 6) is -1.39. The number of anilines is 1. The van der Waals surface area contributed by atoms with Gasteiger partial charge in [-0.1, -0.05) is 6.92 Å². The number of nitrogens with zero attached hydrogens (tertiary/aromatic N) is 2. The highest BCUT2D eigenvalue weighted by molar-refractivity contribution is 6.23. The summed E-state index contributed by atoms with van der Waals surface area (Å²) in [4.78, 5) is 53.0. The van der Waals surface area contributed by atoms with Gasteiger partial charge in [-0.15, -0.1) is 0 Å². The number of amides is 3. The number of rotatable bonds is 8. The van der Waals surface area contributed by atoms with Crippen LogP contribution in [0.1, 0.15) is 56.3 Å². The van der Waals surface area contributed by atoms with Gasteiger partial charge in [0.1, 0.15) is 6.04 Å². The number of carbonyl (C=O) groups is 4. The van der Waals surface area contributed by atoms with E-state index in [2.05, 4.69) is 0 Å². The molecular weight excluding hydrogens is 388 g/mol. The van der Waals surface area contributed by atoms with Crippen molar-refractivity contribution in [2.75, 3.05) is 24.7 Å². The van der Waals surface area contributed by atoms with Crippen LogP contribution in [0.15, 0.2) is 24.3 Å². The van der Waals surface area contributed by atoms with Crippen LogP contribution in [0.5, 0.6) is 0 Å². The molecule has 1 aromatic carbocycles. The first-order valence-corrected chi connectivity index (χ1v) is 10.5. The standard InChI is InChI=1S/C22H28N2O6/c1-3-6-19(25)23(14-17-7-5-12-30-17)18-13-20(26)24(21(18)27)16-10-8-15(9-11-16)22(28)29-4-2/h8-11,17-18H,3-7,12-14H2,1-2H3. The third-order valence-corrected chi connectivity index (χ3v) is 5.34. The largest absolute Gasteiger partial charge is 0.462 e. The normalized spacial score (nSPS) is 21.2. The van der Waals surface area contributed by atoms with Gasteiger partial charge in [-0.3, -0.25) is 14.4 Å². The van der Waals surface area contributed by atoms with Gasteiger partial charge in [0.25, 0.3) is 5.91 Å². The fraction of sp³-hybridized carbons (Fsp3) is 0.545. The topological polar surface area (TPSA) is 93.2 Å². The van der Waals surface area contributed by atoms with Crippen molar-refractivity contribution in [2.24, 2.45) is 0 Å². The fourth-order valence-corrected chi connectivity index (χ4v) is 3.86. The molecule has 2 aliphatic rings. The number of carbonyl (C=O) groups excluding carboxylic acids is 4. The van der Waals surface area contributed by atoms with Gasteiger partial charge in [-0.2, -0.15) is 0 Å². The number of ether oxygens (including phenoxy) is 2. The zero-order valence-corrected chi connectivity index (χ0v) is 17.5. The number of esters is 1. The number of imide groups is 1. The summed E-state index contributed by atoms with van der Waals surface area (Å²) < 4.78 is 10.6. The van der Waals surface area contributed by atoms with E-state index in [9.17, 15) is 19.2 Å². The van der Waals surface area contributed by atoms with Crippen LogP contribution in [0.2, 0.25) is 0 Å². The summed E-state index contributed by atoms with van der Waals surface area (Å²) in [6, 6.07) is 5.30. The van der Waals surface area contributed by atoms with Crippen molar-refractivity contribution in [2.45, 2.75) is 58.1 Å². The molecule has 2 heterocycles. The van der Waals surface area contributed by atoms with E-state index in [1.54, 1.807) is 19.1 Å². The molecule has 30 heavy (non-hydrogen) atoms. The second-order valence-electron chi connectivity index (χ2n) is 7.49. The highest BCUT2D eigenvalue weighted by Crippen LogP contribution is 2.28. The van der Waals surface area contributed by atoms with Crippen molar-refractivity contribution in [3.63, 3.8) is 0 Å². The van der Waals surface area contributed by atoms with Gasteiger partial charge >= 0.3 is 5.97 Å². The Morgan fingerprint density at radius 1 is 1.20 bits per heavy atom. The molecule has 0 aromatic heterocycles. The lowest BCUT2D eigenvalue weighted by atomic mass is 10.1. The Bertz CT molecular complexity index is 800. The van der Waals surface area contributed by atoms with Crippen molar-refractivity contribution < 1.29 is 28.7 Å². The monoisotopic (exact) mass is 416 g/mol. The molecule has 0 N–H and O–H groups in total. The fourth-order valence-electron chi connectivity index (χ4n) is 3.86. The van der Waals surface area contributed by atoms with E-state index in [0.29, 0.717) is 37.2 Å². The van der Waals surface area contributed by atoms with Crippen LogP contribution in [0, 0.1) is 0 Å². The summed E-state index contributed by atoms with van der Waals surface area (Å²) in [5, 5.41) is 0. The van der Waals surface area contributed by atoms with E-state index in [-0.39, 0.29) is 30.9 Å². The molecule has 3 rings (SSSR count). The van der Waals surface area contributed by atoms with E-state index in [1.165, 1.54) is 17.0 Å². The average molecular weight is 416 g/mol. The maximum atomic E-state index is 13.1. The van der Waals surface area contributed by atoms with Crippen LogP contribution in [0.3, 0.4) is 0 Å². The van der Waals surface area contributed by atoms with Crippen molar-refractivity contribution >= 4 is 29.4 Å². The van der Waals surface area contributed by atoms with Crippen LogP contribution in [0.25, 0.3) is 0 Å². The Hall–Kier alpha value is -2.74. The second-order valence-corrected chi connectivity index (χ2v) is 7.49. The lowest BCUT2D eigenvalue weighted by molar-refractivity contribution is -0.140. The summed E-state index contributed by atoms with van der Waals surface area (Å²) in [5.41, 5.74) is 0.718. The third-order valence-electron chi connectivity index (χ3n) is 5.34. The molecule has 2 aliphatic heterocycles. The lowest BCUT2D eigenvalue weighted by Gasteiger charge is -2.29. The zero-order valence-electron chi connectivity index (χ0n) is 17.5. The quantitative estimate of drug-likeness (QED) is 0.477. The SMILES string of the molecule is CCCC(=O)N(CC1CCCO1)C1CC(=O)N(c2ccc(C(=O)OCC)cc2)C1=O. The van der Waals surface area contributed by atoms with Crippen molar-refractivity contribution in [3.05, 3.63) is 29.8 Å². The van der Waals surface area contributed by atoms with E-state index in [0.717, 1.165) is 17.7 Å². The molecule has 0 radical (unpaired) electrons. The lowest BCUT2D eigenvalue weighted by Crippen LogP contribution is -2.48. The summed E-state index contributed by atoms with van der Waals surface area (Å²) in [6.07, 6.45) is 2.58. The number of hydrogen-bond acceptors (Lipinski definition) is 6. The molecule has 8 nitrogen and oxygen atoms in total. The second kappa shape index (κ2) is 9.84. The molecular formula is C22H28N2O6. The van der Waals surface area contributed by atoms with E-state index in [4.69, 9.17) is 9.47 Å². The first kappa shape index (κ1) is 22.0. The van der Waals surface area contributed by atoms with Gasteiger partial charge in [0.15, 0.2) is 0 Å². The number of hydrogen-bond donors (Lipinski definition) is 0. The van der Waals surface area contributed by atoms with Gasteiger partial charge in [-0.05, 0) is 50.5 Å². The minimum absolute atomic E-state index is 0.0549. The van der Waals surface area contributed by atoms with Crippen LogP contribution in [0.4, 0.5) is 5.69 Å². The predicted octanol–water partition coefficient (Wildman–Crippen LogP) is 2.30. The predicted molar refractivity (Wildman–Crippen MR) is 109 cm³/mol. The molecule has 0 aliphatic carbocycles. The average Bonchev–Trinajstić information content (AvgIpc) is 3.34. The van der Waals surface area contributed by atoms with Gasteiger partial charge in [0, 0.05) is 19.6 Å². The van der Waals surface area contributed by atoms with Gasteiger partial charge in [0.05, 0.1) is 30.4 Å². The maximum Gasteiger partial charge on any atom is 0.338 e. The van der Waals surface area contributed by atoms with Crippen LogP contribution < -0.4 is 4.90 Å². The van der Waals surface area contributed by atoms with Crippen molar-refractivity contribution in [1.82, 2.24) is 4.90 Å². The summed E-state index contributed by atoms with van der Waals surface area (Å²) in [6.45, 7) is 4.85. The first-order chi connectivity index (χ1) is 14.5. The Morgan fingerprint density at radius 3 is 2.53 bits per heavy atom. The summed E-state index contributed by atoms with van der Waals surface area (Å²) >= 11 is 0. The molecule has 2 saturated heterocycles. The minimum atomic E-state index is -0.828. The van der Waals surface area contributed by atoms with Gasteiger partial charge in [-0.25, -0.2) is 9.69 Å². The smallest absolute Gasteiger partial charge is 0.338 e. The molecule has 2 atom stereocenters. The highest BCUT2D eigenvalue weighted by atomic mass is 16.5. The molecule has 1 aromatic rings. The van der Waals surface area contributed by atoms with Crippen LogP contribution in [-0.4, -0.2) is 60.5 Å². The molecule has 2 fully saturated rings. The minimum Gasteiger partial charge on any atom is -0.462 e. The third kappa shape index (κ3) is 4.70. The zero-order chi connectivity index (χ0) is 21.7. The Kier molecular flexibility index (Phi) is 7.20. The van der Waals surface area contributed by atoms with Crippen LogP contribution >= 0.6 is 0 Å². The van der Waals surface area contributed by atoms with Gasteiger partial charge < -0.3 is 14.4 Å². The van der Waals surface area contributed by atoms with Crippen molar-refractivity contribution in [1.29, 1.82) is 0 Å². The first-order valence-electron chi connectivity index (χ1n) is 10.5. The van der Waals surface area contributed by atoms with Crippen LogP contribution in [-0.2, 0) is 23.9 Å². The molecule has 0 bridgehead atoms. The molecule has 0 spiro atoms. The molecule has 3 amide bonds. The Morgan fingerprint density at radius 2 is 1.93 bits per heavy atom. The Balaban J connectivity index is 1.78. The number of benzene rings is 1. The van der Waals surface area contributed by atoms with Gasteiger partial charge in [0.2, 0.25) is 11.8 Å². The maximum absolute atomic E-state index is 13.1. The summed E-state index contributed by atoms with van der Waals surface area (Å²) in [7, 11) is 0. The van der Waals surface area contributed by atoms with E-state index < -0.39 is 17.9 Å². The van der Waals surface area contributed by atoms with E-state index in [1.807, 2.05) is 6.92 Å². The molecule has 2 unspecified atom stereocenters. The van der Waals surface area contributed by atoms with Crippen molar-refractivity contribution in [3.8, 4) is 0 Å². The highest BCUT2D eigenvalue weighted by Gasteiger charge is 2.44. The molecule has 0 saturated carbocycles. The Labute approximate surface area is 176 Å². The molecule has 162 valence electrons. The van der Waals surface area contributed by atoms with E-state index >= 15 is 0 Å².